The van der Waals surface area contributed by atoms with Crippen LogP contribution < -0.4 is 5.32 Å². The molecule has 0 fully saturated rings. The standard InChI is InChI=1S/C15H14Br2FN/c1-9-7-12(4-6-14(9)16)19-10(2)13-5-3-11(18)8-15(13)17/h3-8,10,19H,1-2H3. The molecule has 0 aliphatic rings. The van der Waals surface area contributed by atoms with Crippen molar-refractivity contribution in [2.45, 2.75) is 19.9 Å². The van der Waals surface area contributed by atoms with Crippen molar-refractivity contribution < 1.29 is 4.39 Å². The lowest BCUT2D eigenvalue weighted by molar-refractivity contribution is 0.625. The second kappa shape index (κ2) is 6.06. The summed E-state index contributed by atoms with van der Waals surface area (Å²) < 4.78 is 14.9. The minimum absolute atomic E-state index is 0.0931. The van der Waals surface area contributed by atoms with Crippen molar-refractivity contribution in [1.29, 1.82) is 0 Å². The molecule has 0 spiro atoms. The van der Waals surface area contributed by atoms with E-state index < -0.39 is 0 Å². The zero-order valence-electron chi connectivity index (χ0n) is 10.7. The summed E-state index contributed by atoms with van der Waals surface area (Å²) in [5.41, 5.74) is 3.25. The first-order valence-corrected chi connectivity index (χ1v) is 7.53. The van der Waals surface area contributed by atoms with Gasteiger partial charge in [0.05, 0.1) is 0 Å². The summed E-state index contributed by atoms with van der Waals surface area (Å²) >= 11 is 6.88. The highest BCUT2D eigenvalue weighted by Crippen LogP contribution is 2.28. The van der Waals surface area contributed by atoms with Gasteiger partial charge in [-0.25, -0.2) is 4.39 Å². The molecule has 0 aliphatic heterocycles. The van der Waals surface area contributed by atoms with Gasteiger partial charge in [0.1, 0.15) is 5.82 Å². The van der Waals surface area contributed by atoms with Crippen molar-refractivity contribution in [2.24, 2.45) is 0 Å². The smallest absolute Gasteiger partial charge is 0.124 e. The zero-order chi connectivity index (χ0) is 14.0. The topological polar surface area (TPSA) is 12.0 Å². The van der Waals surface area contributed by atoms with E-state index in [1.807, 2.05) is 19.1 Å². The minimum atomic E-state index is -0.234. The maximum atomic E-state index is 13.1. The van der Waals surface area contributed by atoms with Gasteiger partial charge in [0, 0.05) is 20.7 Å². The van der Waals surface area contributed by atoms with E-state index in [1.54, 1.807) is 6.07 Å². The van der Waals surface area contributed by atoms with Crippen LogP contribution in [0.5, 0.6) is 0 Å². The zero-order valence-corrected chi connectivity index (χ0v) is 13.8. The summed E-state index contributed by atoms with van der Waals surface area (Å²) in [7, 11) is 0. The normalized spacial score (nSPS) is 12.3. The molecule has 2 aromatic rings. The van der Waals surface area contributed by atoms with Crippen LogP contribution in [-0.2, 0) is 0 Å². The molecule has 0 aromatic heterocycles. The number of aryl methyl sites for hydroxylation is 1. The Kier molecular flexibility index (Phi) is 4.63. The van der Waals surface area contributed by atoms with Crippen molar-refractivity contribution in [3.8, 4) is 0 Å². The van der Waals surface area contributed by atoms with Gasteiger partial charge in [-0.1, -0.05) is 37.9 Å². The number of hydrogen-bond acceptors (Lipinski definition) is 1. The van der Waals surface area contributed by atoms with Gasteiger partial charge < -0.3 is 5.32 Å². The second-order valence-corrected chi connectivity index (χ2v) is 6.20. The summed E-state index contributed by atoms with van der Waals surface area (Å²) in [4.78, 5) is 0. The van der Waals surface area contributed by atoms with Crippen LogP contribution in [0, 0.1) is 12.7 Å². The van der Waals surface area contributed by atoms with Crippen LogP contribution in [0.2, 0.25) is 0 Å². The summed E-state index contributed by atoms with van der Waals surface area (Å²) in [6.45, 7) is 4.10. The second-order valence-electron chi connectivity index (χ2n) is 4.50. The predicted molar refractivity (Wildman–Crippen MR) is 85.0 cm³/mol. The van der Waals surface area contributed by atoms with Crippen LogP contribution >= 0.6 is 31.9 Å². The Morgan fingerprint density at radius 1 is 1.05 bits per heavy atom. The summed E-state index contributed by atoms with van der Waals surface area (Å²) in [5.74, 6) is -0.234. The first kappa shape index (κ1) is 14.5. The van der Waals surface area contributed by atoms with E-state index in [2.05, 4.69) is 50.2 Å². The fraction of sp³-hybridized carbons (Fsp3) is 0.200. The van der Waals surface area contributed by atoms with Crippen LogP contribution in [0.1, 0.15) is 24.1 Å². The fourth-order valence-electron chi connectivity index (χ4n) is 1.91. The monoisotopic (exact) mass is 385 g/mol. The molecule has 4 heteroatoms. The van der Waals surface area contributed by atoms with E-state index in [4.69, 9.17) is 0 Å². The van der Waals surface area contributed by atoms with Crippen molar-refractivity contribution in [3.63, 3.8) is 0 Å². The molecule has 0 saturated carbocycles. The molecule has 1 N–H and O–H groups in total. The first-order chi connectivity index (χ1) is 8.97. The van der Waals surface area contributed by atoms with Crippen LogP contribution in [0.4, 0.5) is 10.1 Å². The van der Waals surface area contributed by atoms with Gasteiger partial charge in [0.15, 0.2) is 0 Å². The first-order valence-electron chi connectivity index (χ1n) is 5.95. The highest BCUT2D eigenvalue weighted by atomic mass is 79.9. The van der Waals surface area contributed by atoms with Crippen LogP contribution in [0.25, 0.3) is 0 Å². The molecular weight excluding hydrogens is 373 g/mol. The molecule has 2 rings (SSSR count). The Hall–Kier alpha value is -0.870. The maximum absolute atomic E-state index is 13.1. The van der Waals surface area contributed by atoms with Gasteiger partial charge in [-0.05, 0) is 55.3 Å². The number of nitrogens with one attached hydrogen (secondary N) is 1. The maximum Gasteiger partial charge on any atom is 0.124 e. The van der Waals surface area contributed by atoms with Gasteiger partial charge in [-0.3, -0.25) is 0 Å². The Bertz CT molecular complexity index is 599. The summed E-state index contributed by atoms with van der Waals surface area (Å²) in [5, 5.41) is 3.41. The molecule has 19 heavy (non-hydrogen) atoms. The van der Waals surface area contributed by atoms with Crippen LogP contribution in [0.15, 0.2) is 45.3 Å². The number of rotatable bonds is 3. The van der Waals surface area contributed by atoms with Crippen LogP contribution in [0.3, 0.4) is 0 Å². The predicted octanol–water partition coefficient (Wildman–Crippen LogP) is 5.83. The molecule has 1 nitrogen and oxygen atoms in total. The number of halogens is 3. The molecule has 0 radical (unpaired) electrons. The largest absolute Gasteiger partial charge is 0.378 e. The quantitative estimate of drug-likeness (QED) is 0.699. The number of hydrogen-bond donors (Lipinski definition) is 1. The molecule has 0 amide bonds. The Morgan fingerprint density at radius 3 is 2.42 bits per heavy atom. The third kappa shape index (κ3) is 3.57. The summed E-state index contributed by atoms with van der Waals surface area (Å²) in [6.07, 6.45) is 0. The molecule has 100 valence electrons. The molecule has 2 aromatic carbocycles. The van der Waals surface area contributed by atoms with E-state index in [1.165, 1.54) is 17.7 Å². The Labute approximate surface area is 129 Å². The van der Waals surface area contributed by atoms with Crippen molar-refractivity contribution >= 4 is 37.5 Å². The Balaban J connectivity index is 2.20. The minimum Gasteiger partial charge on any atom is -0.378 e. The highest BCUT2D eigenvalue weighted by Gasteiger charge is 2.10. The molecule has 0 saturated heterocycles. The number of anilines is 1. The molecule has 0 heterocycles. The SMILES string of the molecule is Cc1cc(NC(C)c2ccc(F)cc2Br)ccc1Br. The molecule has 1 atom stereocenters. The number of benzene rings is 2. The van der Waals surface area contributed by atoms with Crippen molar-refractivity contribution in [3.05, 3.63) is 62.3 Å². The van der Waals surface area contributed by atoms with E-state index in [0.29, 0.717) is 0 Å². The lowest BCUT2D eigenvalue weighted by atomic mass is 10.1. The fourth-order valence-corrected chi connectivity index (χ4v) is 2.86. The average Bonchev–Trinajstić information content (AvgIpc) is 2.33. The summed E-state index contributed by atoms with van der Waals surface area (Å²) in [6, 6.07) is 11.0. The van der Waals surface area contributed by atoms with Gasteiger partial charge in [0.25, 0.3) is 0 Å². The van der Waals surface area contributed by atoms with Crippen LogP contribution in [-0.4, -0.2) is 0 Å². The average molecular weight is 387 g/mol. The van der Waals surface area contributed by atoms with Gasteiger partial charge in [0.2, 0.25) is 0 Å². The Morgan fingerprint density at radius 2 is 1.79 bits per heavy atom. The van der Waals surface area contributed by atoms with E-state index in [0.717, 1.165) is 20.2 Å². The highest BCUT2D eigenvalue weighted by molar-refractivity contribution is 9.10. The lowest BCUT2D eigenvalue weighted by Gasteiger charge is -2.18. The van der Waals surface area contributed by atoms with E-state index >= 15 is 0 Å². The van der Waals surface area contributed by atoms with E-state index in [-0.39, 0.29) is 11.9 Å². The van der Waals surface area contributed by atoms with Crippen molar-refractivity contribution in [1.82, 2.24) is 0 Å². The van der Waals surface area contributed by atoms with Gasteiger partial charge >= 0.3 is 0 Å². The molecule has 0 bridgehead atoms. The molecular formula is C15H14Br2FN. The third-order valence-corrected chi connectivity index (χ3v) is 4.55. The molecule has 1 unspecified atom stereocenters. The van der Waals surface area contributed by atoms with Gasteiger partial charge in [-0.15, -0.1) is 0 Å². The molecule has 0 aliphatic carbocycles. The van der Waals surface area contributed by atoms with Gasteiger partial charge in [-0.2, -0.15) is 0 Å². The lowest BCUT2D eigenvalue weighted by Crippen LogP contribution is -2.07. The van der Waals surface area contributed by atoms with E-state index in [9.17, 15) is 4.39 Å². The van der Waals surface area contributed by atoms with Crippen molar-refractivity contribution in [2.75, 3.05) is 5.32 Å². The third-order valence-electron chi connectivity index (χ3n) is 2.97.